The molecule has 0 aliphatic heterocycles. The summed E-state index contributed by atoms with van der Waals surface area (Å²) in [5.74, 6) is -2.28. The van der Waals surface area contributed by atoms with Crippen LogP contribution < -0.4 is 10.0 Å². The van der Waals surface area contributed by atoms with E-state index in [0.717, 1.165) is 0 Å². The van der Waals surface area contributed by atoms with Crippen molar-refractivity contribution in [3.63, 3.8) is 0 Å². The van der Waals surface area contributed by atoms with Gasteiger partial charge in [-0.2, -0.15) is 4.72 Å². The van der Waals surface area contributed by atoms with E-state index in [0.29, 0.717) is 5.69 Å². The number of sulfonamides is 1. The molecule has 0 saturated heterocycles. The van der Waals surface area contributed by atoms with Gasteiger partial charge in [-0.1, -0.05) is 0 Å². The molecule has 0 aliphatic rings. The van der Waals surface area contributed by atoms with E-state index >= 15 is 0 Å². The van der Waals surface area contributed by atoms with Crippen LogP contribution in [0.3, 0.4) is 0 Å². The first-order chi connectivity index (χ1) is 13.9. The average molecular weight is 434 g/mol. The van der Waals surface area contributed by atoms with Gasteiger partial charge in [-0.05, 0) is 69.3 Å². The SMILES string of the molecule is CC(C)(C)OC(=O)CNS(=O)(=O)c1ccc(NC(=O)c2ccc(C(=O)O)cc2)cc1. The van der Waals surface area contributed by atoms with Gasteiger partial charge in [0.2, 0.25) is 10.0 Å². The minimum Gasteiger partial charge on any atom is -0.478 e. The molecule has 1 amide bonds. The quantitative estimate of drug-likeness (QED) is 0.568. The fourth-order valence-corrected chi connectivity index (χ4v) is 3.27. The summed E-state index contributed by atoms with van der Waals surface area (Å²) in [5, 5.41) is 11.5. The first-order valence-electron chi connectivity index (χ1n) is 8.84. The molecule has 10 heteroatoms. The molecule has 0 spiro atoms. The molecule has 0 heterocycles. The number of benzene rings is 2. The molecular formula is C20H22N2O7S. The number of hydrogen-bond donors (Lipinski definition) is 3. The van der Waals surface area contributed by atoms with Gasteiger partial charge >= 0.3 is 11.9 Å². The van der Waals surface area contributed by atoms with E-state index in [2.05, 4.69) is 10.0 Å². The molecule has 0 fully saturated rings. The number of aromatic carboxylic acids is 1. The molecule has 0 atom stereocenters. The summed E-state index contributed by atoms with van der Waals surface area (Å²) in [6, 6.07) is 10.7. The molecule has 3 N–H and O–H groups in total. The summed E-state index contributed by atoms with van der Waals surface area (Å²) in [6.45, 7) is 4.51. The van der Waals surface area contributed by atoms with E-state index in [1.807, 2.05) is 0 Å². The van der Waals surface area contributed by atoms with Crippen molar-refractivity contribution in [3.8, 4) is 0 Å². The van der Waals surface area contributed by atoms with Gasteiger partial charge in [-0.3, -0.25) is 9.59 Å². The first-order valence-corrected chi connectivity index (χ1v) is 10.3. The van der Waals surface area contributed by atoms with Crippen molar-refractivity contribution in [1.82, 2.24) is 4.72 Å². The summed E-state index contributed by atoms with van der Waals surface area (Å²) in [5.41, 5.74) is -0.0832. The maximum Gasteiger partial charge on any atom is 0.335 e. The lowest BCUT2D eigenvalue weighted by Crippen LogP contribution is -2.34. The predicted molar refractivity (Wildman–Crippen MR) is 109 cm³/mol. The van der Waals surface area contributed by atoms with Crippen molar-refractivity contribution in [2.75, 3.05) is 11.9 Å². The van der Waals surface area contributed by atoms with Crippen molar-refractivity contribution in [3.05, 3.63) is 59.7 Å². The van der Waals surface area contributed by atoms with Gasteiger partial charge in [-0.15, -0.1) is 0 Å². The number of carbonyl (C=O) groups excluding carboxylic acids is 2. The number of carboxylic acid groups (broad SMARTS) is 1. The van der Waals surface area contributed by atoms with E-state index in [9.17, 15) is 22.8 Å². The number of carboxylic acids is 1. The zero-order valence-electron chi connectivity index (χ0n) is 16.6. The first kappa shape index (κ1) is 23.0. The van der Waals surface area contributed by atoms with Crippen LogP contribution in [-0.4, -0.2) is 43.5 Å². The van der Waals surface area contributed by atoms with Crippen molar-refractivity contribution >= 4 is 33.6 Å². The Labute approximate surface area is 174 Å². The van der Waals surface area contributed by atoms with E-state index < -0.39 is 40.0 Å². The number of hydrogen-bond acceptors (Lipinski definition) is 6. The van der Waals surface area contributed by atoms with E-state index in [4.69, 9.17) is 9.84 Å². The smallest absolute Gasteiger partial charge is 0.335 e. The van der Waals surface area contributed by atoms with Gasteiger partial charge in [0, 0.05) is 11.3 Å². The molecule has 0 bridgehead atoms. The Hall–Kier alpha value is -3.24. The zero-order valence-corrected chi connectivity index (χ0v) is 17.4. The zero-order chi connectivity index (χ0) is 22.5. The predicted octanol–water partition coefficient (Wildman–Crippen LogP) is 2.26. The molecule has 2 aromatic rings. The van der Waals surface area contributed by atoms with Crippen LogP contribution >= 0.6 is 0 Å². The van der Waals surface area contributed by atoms with Crippen LogP contribution in [-0.2, 0) is 19.6 Å². The van der Waals surface area contributed by atoms with E-state index in [1.54, 1.807) is 20.8 Å². The fraction of sp³-hybridized carbons (Fsp3) is 0.250. The molecule has 0 unspecified atom stereocenters. The monoisotopic (exact) mass is 434 g/mol. The maximum atomic E-state index is 12.3. The Morgan fingerprint density at radius 2 is 1.47 bits per heavy atom. The number of ether oxygens (including phenoxy) is 1. The molecule has 9 nitrogen and oxygen atoms in total. The molecule has 0 aliphatic carbocycles. The Bertz CT molecular complexity index is 1040. The minimum atomic E-state index is -3.94. The second kappa shape index (κ2) is 9.06. The van der Waals surface area contributed by atoms with Gasteiger partial charge in [0.1, 0.15) is 12.1 Å². The van der Waals surface area contributed by atoms with Crippen LogP contribution in [0.2, 0.25) is 0 Å². The number of carbonyl (C=O) groups is 3. The van der Waals surface area contributed by atoms with Gasteiger partial charge in [0.25, 0.3) is 5.91 Å². The molecule has 160 valence electrons. The Morgan fingerprint density at radius 3 is 1.97 bits per heavy atom. The summed E-state index contributed by atoms with van der Waals surface area (Å²) < 4.78 is 31.8. The molecule has 2 aromatic carbocycles. The van der Waals surface area contributed by atoms with E-state index in [1.165, 1.54) is 48.5 Å². The third-order valence-corrected chi connectivity index (χ3v) is 5.06. The van der Waals surface area contributed by atoms with Gasteiger partial charge < -0.3 is 15.2 Å². The average Bonchev–Trinajstić information content (AvgIpc) is 2.65. The van der Waals surface area contributed by atoms with Gasteiger partial charge in [-0.25, -0.2) is 13.2 Å². The van der Waals surface area contributed by atoms with Crippen LogP contribution in [0.5, 0.6) is 0 Å². The standard InChI is InChI=1S/C20H22N2O7S/c1-20(2,3)29-17(23)12-21-30(27,28)16-10-8-15(9-11-16)22-18(24)13-4-6-14(7-5-13)19(25)26/h4-11,21H,12H2,1-3H3,(H,22,24)(H,25,26). The largest absolute Gasteiger partial charge is 0.478 e. The molecule has 0 saturated carbocycles. The minimum absolute atomic E-state index is 0.0555. The number of amides is 1. The highest BCUT2D eigenvalue weighted by molar-refractivity contribution is 7.89. The molecule has 30 heavy (non-hydrogen) atoms. The molecule has 0 aromatic heterocycles. The second-order valence-corrected chi connectivity index (χ2v) is 9.04. The topological polar surface area (TPSA) is 139 Å². The lowest BCUT2D eigenvalue weighted by molar-refractivity contribution is -0.153. The van der Waals surface area contributed by atoms with Crippen LogP contribution in [0.15, 0.2) is 53.4 Å². The summed E-state index contributed by atoms with van der Waals surface area (Å²) in [6.07, 6.45) is 0. The molecule has 0 radical (unpaired) electrons. The van der Waals surface area contributed by atoms with Crippen molar-refractivity contribution in [2.45, 2.75) is 31.3 Å². The van der Waals surface area contributed by atoms with Crippen LogP contribution in [0.4, 0.5) is 5.69 Å². The second-order valence-electron chi connectivity index (χ2n) is 7.27. The van der Waals surface area contributed by atoms with Gasteiger partial charge in [0.15, 0.2) is 0 Å². The third-order valence-electron chi connectivity index (χ3n) is 3.64. The summed E-state index contributed by atoms with van der Waals surface area (Å²) in [4.78, 5) is 34.7. The number of rotatable bonds is 7. The Kier molecular flexibility index (Phi) is 6.96. The normalized spacial score (nSPS) is 11.6. The fourth-order valence-electron chi connectivity index (χ4n) is 2.30. The van der Waals surface area contributed by atoms with Crippen molar-refractivity contribution < 1.29 is 32.6 Å². The number of esters is 1. The summed E-state index contributed by atoms with van der Waals surface area (Å²) in [7, 11) is -3.94. The van der Waals surface area contributed by atoms with E-state index in [-0.39, 0.29) is 16.0 Å². The molecular weight excluding hydrogens is 412 g/mol. The number of anilines is 1. The van der Waals surface area contributed by atoms with Crippen LogP contribution in [0, 0.1) is 0 Å². The van der Waals surface area contributed by atoms with Crippen molar-refractivity contribution in [2.24, 2.45) is 0 Å². The Balaban J connectivity index is 2.00. The molecule has 2 rings (SSSR count). The van der Waals surface area contributed by atoms with Gasteiger partial charge in [0.05, 0.1) is 10.5 Å². The third kappa shape index (κ3) is 6.68. The highest BCUT2D eigenvalue weighted by atomic mass is 32.2. The van der Waals surface area contributed by atoms with Crippen LogP contribution in [0.1, 0.15) is 41.5 Å². The number of nitrogens with one attached hydrogen (secondary N) is 2. The highest BCUT2D eigenvalue weighted by Crippen LogP contribution is 2.16. The summed E-state index contributed by atoms with van der Waals surface area (Å²) >= 11 is 0. The van der Waals surface area contributed by atoms with Crippen molar-refractivity contribution in [1.29, 1.82) is 0 Å². The Morgan fingerprint density at radius 1 is 0.933 bits per heavy atom. The van der Waals surface area contributed by atoms with Crippen LogP contribution in [0.25, 0.3) is 0 Å². The lowest BCUT2D eigenvalue weighted by Gasteiger charge is -2.19. The maximum absolute atomic E-state index is 12.3. The highest BCUT2D eigenvalue weighted by Gasteiger charge is 2.20. The lowest BCUT2D eigenvalue weighted by atomic mass is 10.1.